The Bertz CT molecular complexity index is 1000. The van der Waals surface area contributed by atoms with E-state index in [2.05, 4.69) is 0 Å². The van der Waals surface area contributed by atoms with Crippen LogP contribution in [0.25, 0.3) is 0 Å². The number of aliphatic hydroxyl groups is 2. The molecule has 0 unspecified atom stereocenters. The molecule has 9 heteroatoms. The predicted octanol–water partition coefficient (Wildman–Crippen LogP) is 7.45. The standard InChI is InChI=1S/C18H27FO3.C12H18FNO.2ClH/c1-6-8-13(11-16(20)22-18(3,4)5)17(21)14-9-7-10-15(19)12(14)2;1-3-5-11(14)12(15)9-6-4-7-10(13)8(9)2;;/h7,9-10,13,17,21H,6,8,11H2,1-5H3;4,6-7,11-12,15H,3,5,14H2,1-2H3;2*1H/t13-,17+;11-,12+;;/m01../s1. The number of hydrogen-bond acceptors (Lipinski definition) is 5. The Hall–Kier alpha value is -1.77. The number of carbonyl (C=O) groups is 1. The molecule has 2 aromatic rings. The van der Waals surface area contributed by atoms with Gasteiger partial charge < -0.3 is 20.7 Å². The minimum absolute atomic E-state index is 0. The fraction of sp³-hybridized carbons (Fsp3) is 0.567. The molecule has 39 heavy (non-hydrogen) atoms. The summed E-state index contributed by atoms with van der Waals surface area (Å²) in [6.07, 6.45) is 1.63. The number of ether oxygens (including phenoxy) is 1. The molecule has 2 aromatic carbocycles. The molecular weight excluding hydrogens is 547 g/mol. The highest BCUT2D eigenvalue weighted by molar-refractivity contribution is 5.85. The van der Waals surface area contributed by atoms with Crippen LogP contribution in [0.1, 0.15) is 101 Å². The normalized spacial score (nSPS) is 13.9. The first-order valence-electron chi connectivity index (χ1n) is 13.1. The Morgan fingerprint density at radius 2 is 1.31 bits per heavy atom. The van der Waals surface area contributed by atoms with Gasteiger partial charge in [-0.25, -0.2) is 8.78 Å². The van der Waals surface area contributed by atoms with Crippen molar-refractivity contribution >= 4 is 30.8 Å². The number of esters is 1. The van der Waals surface area contributed by atoms with Gasteiger partial charge in [0.2, 0.25) is 0 Å². The lowest BCUT2D eigenvalue weighted by Crippen LogP contribution is -2.28. The first-order valence-corrected chi connectivity index (χ1v) is 13.1. The average Bonchev–Trinajstić information content (AvgIpc) is 2.81. The van der Waals surface area contributed by atoms with Crippen LogP contribution in [0.5, 0.6) is 0 Å². The average molecular weight is 595 g/mol. The van der Waals surface area contributed by atoms with Crippen LogP contribution in [-0.4, -0.2) is 27.8 Å². The number of aliphatic hydroxyl groups excluding tert-OH is 2. The van der Waals surface area contributed by atoms with Crippen LogP contribution in [0, 0.1) is 31.4 Å². The van der Waals surface area contributed by atoms with E-state index in [1.54, 1.807) is 38.1 Å². The van der Waals surface area contributed by atoms with E-state index in [1.807, 2.05) is 34.6 Å². The van der Waals surface area contributed by atoms with Gasteiger partial charge in [-0.15, -0.1) is 24.8 Å². The third-order valence-electron chi connectivity index (χ3n) is 6.24. The molecule has 0 radical (unpaired) electrons. The maximum Gasteiger partial charge on any atom is 0.306 e. The van der Waals surface area contributed by atoms with Gasteiger partial charge >= 0.3 is 5.97 Å². The molecule has 0 aliphatic carbocycles. The zero-order valence-corrected chi connectivity index (χ0v) is 25.8. The molecule has 0 saturated heterocycles. The zero-order valence-electron chi connectivity index (χ0n) is 24.2. The van der Waals surface area contributed by atoms with Crippen LogP contribution < -0.4 is 5.73 Å². The number of nitrogens with two attached hydrogens (primary N) is 1. The first kappa shape index (κ1) is 39.4. The van der Waals surface area contributed by atoms with Crippen molar-refractivity contribution < 1.29 is 28.5 Å². The van der Waals surface area contributed by atoms with E-state index in [4.69, 9.17) is 10.5 Å². The van der Waals surface area contributed by atoms with Crippen molar-refractivity contribution in [2.45, 2.75) is 104 Å². The highest BCUT2D eigenvalue weighted by atomic mass is 35.5. The van der Waals surface area contributed by atoms with Gasteiger partial charge in [-0.1, -0.05) is 51.0 Å². The van der Waals surface area contributed by atoms with E-state index in [0.717, 1.165) is 19.3 Å². The van der Waals surface area contributed by atoms with E-state index in [9.17, 15) is 23.8 Å². The number of rotatable bonds is 10. The second-order valence-electron chi connectivity index (χ2n) is 10.6. The maximum atomic E-state index is 13.7. The van der Waals surface area contributed by atoms with Crippen molar-refractivity contribution in [3.8, 4) is 0 Å². The van der Waals surface area contributed by atoms with Crippen molar-refractivity contribution in [3.63, 3.8) is 0 Å². The van der Waals surface area contributed by atoms with Crippen LogP contribution in [0.2, 0.25) is 0 Å². The molecule has 0 heterocycles. The summed E-state index contributed by atoms with van der Waals surface area (Å²) in [7, 11) is 0. The molecule has 0 saturated carbocycles. The summed E-state index contributed by atoms with van der Waals surface area (Å²) in [5, 5.41) is 20.5. The molecule has 0 spiro atoms. The number of halogens is 4. The lowest BCUT2D eigenvalue weighted by atomic mass is 9.87. The van der Waals surface area contributed by atoms with Crippen molar-refractivity contribution in [2.75, 3.05) is 0 Å². The quantitative estimate of drug-likeness (QED) is 0.249. The summed E-state index contributed by atoms with van der Waals surface area (Å²) < 4.78 is 32.2. The smallest absolute Gasteiger partial charge is 0.306 e. The minimum Gasteiger partial charge on any atom is -0.460 e. The highest BCUT2D eigenvalue weighted by Crippen LogP contribution is 2.32. The van der Waals surface area contributed by atoms with Crippen LogP contribution in [-0.2, 0) is 9.53 Å². The van der Waals surface area contributed by atoms with Crippen LogP contribution >= 0.6 is 24.8 Å². The van der Waals surface area contributed by atoms with Crippen molar-refractivity contribution in [1.82, 2.24) is 0 Å². The maximum absolute atomic E-state index is 13.7. The summed E-state index contributed by atoms with van der Waals surface area (Å²) in [6, 6.07) is 9.04. The van der Waals surface area contributed by atoms with Gasteiger partial charge in [-0.3, -0.25) is 4.79 Å². The molecule has 0 bridgehead atoms. The number of benzene rings is 2. The summed E-state index contributed by atoms with van der Waals surface area (Å²) in [5.41, 5.74) is 7.31. The van der Waals surface area contributed by atoms with Crippen LogP contribution in [0.3, 0.4) is 0 Å². The SMILES string of the molecule is CCC[C@@H](CC(=O)OC(C)(C)C)[C@@H](O)c1cccc(F)c1C.CCC[C@@H](N)[C@@H](O)c1cccc(F)c1C.Cl.Cl. The Kier molecular flexibility index (Phi) is 18.7. The minimum atomic E-state index is -0.872. The van der Waals surface area contributed by atoms with Gasteiger partial charge in [-0.2, -0.15) is 0 Å². The third-order valence-corrected chi connectivity index (χ3v) is 6.24. The monoisotopic (exact) mass is 593 g/mol. The van der Waals surface area contributed by atoms with Crippen molar-refractivity contribution in [1.29, 1.82) is 0 Å². The van der Waals surface area contributed by atoms with Crippen LogP contribution in [0.15, 0.2) is 36.4 Å². The van der Waals surface area contributed by atoms with E-state index < -0.39 is 17.8 Å². The Labute approximate surface area is 245 Å². The summed E-state index contributed by atoms with van der Waals surface area (Å²) in [5.74, 6) is -1.25. The van der Waals surface area contributed by atoms with E-state index in [0.29, 0.717) is 28.7 Å². The highest BCUT2D eigenvalue weighted by Gasteiger charge is 2.27. The van der Waals surface area contributed by atoms with Crippen molar-refractivity contribution in [2.24, 2.45) is 11.7 Å². The molecule has 224 valence electrons. The van der Waals surface area contributed by atoms with E-state index in [1.165, 1.54) is 12.1 Å². The van der Waals surface area contributed by atoms with Gasteiger partial charge in [0.05, 0.1) is 18.6 Å². The summed E-state index contributed by atoms with van der Waals surface area (Å²) >= 11 is 0. The molecule has 0 aliphatic heterocycles. The molecule has 0 fully saturated rings. The molecule has 5 nitrogen and oxygen atoms in total. The van der Waals surface area contributed by atoms with Gasteiger partial charge in [0.25, 0.3) is 0 Å². The summed E-state index contributed by atoms with van der Waals surface area (Å²) in [4.78, 5) is 12.0. The molecule has 2 rings (SSSR count). The molecule has 0 amide bonds. The second kappa shape index (κ2) is 18.6. The van der Waals surface area contributed by atoms with Gasteiger partial charge in [-0.05, 0) is 87.8 Å². The fourth-order valence-corrected chi connectivity index (χ4v) is 4.20. The van der Waals surface area contributed by atoms with Gasteiger partial charge in [0, 0.05) is 6.04 Å². The molecule has 4 atom stereocenters. The Balaban J connectivity index is 0. The largest absolute Gasteiger partial charge is 0.460 e. The Morgan fingerprint density at radius 3 is 1.72 bits per heavy atom. The van der Waals surface area contributed by atoms with Gasteiger partial charge in [0.15, 0.2) is 0 Å². The zero-order chi connectivity index (χ0) is 28.3. The Morgan fingerprint density at radius 1 is 0.872 bits per heavy atom. The lowest BCUT2D eigenvalue weighted by Gasteiger charge is -2.26. The second-order valence-corrected chi connectivity index (χ2v) is 10.6. The van der Waals surface area contributed by atoms with E-state index in [-0.39, 0.29) is 60.8 Å². The lowest BCUT2D eigenvalue weighted by molar-refractivity contribution is -0.157. The molecule has 0 aliphatic rings. The predicted molar refractivity (Wildman–Crippen MR) is 158 cm³/mol. The molecule has 4 N–H and O–H groups in total. The van der Waals surface area contributed by atoms with Crippen LogP contribution in [0.4, 0.5) is 8.78 Å². The summed E-state index contributed by atoms with van der Waals surface area (Å²) in [6.45, 7) is 12.7. The van der Waals surface area contributed by atoms with Crippen molar-refractivity contribution in [3.05, 3.63) is 70.3 Å². The van der Waals surface area contributed by atoms with Gasteiger partial charge in [0.1, 0.15) is 17.2 Å². The first-order chi connectivity index (χ1) is 17.2. The van der Waals surface area contributed by atoms with E-state index >= 15 is 0 Å². The fourth-order valence-electron chi connectivity index (χ4n) is 4.20. The topological polar surface area (TPSA) is 92.8 Å². The third kappa shape index (κ3) is 13.0. The molecule has 0 aromatic heterocycles. The number of carbonyl (C=O) groups excluding carboxylic acids is 1. The number of hydrogen-bond donors (Lipinski definition) is 3. The molecular formula is C30H47Cl2F2NO4.